The fourth-order valence-electron chi connectivity index (χ4n) is 3.45. The van der Waals surface area contributed by atoms with E-state index in [1.54, 1.807) is 28.8 Å². The van der Waals surface area contributed by atoms with Gasteiger partial charge in [-0.3, -0.25) is 4.98 Å². The van der Waals surface area contributed by atoms with Crippen LogP contribution in [-0.2, 0) is 21.4 Å². The van der Waals surface area contributed by atoms with Crippen molar-refractivity contribution in [2.24, 2.45) is 0 Å². The fourth-order valence-corrected chi connectivity index (χ4v) is 6.78. The number of hydrogen-bond donors (Lipinski definition) is 0. The Morgan fingerprint density at radius 1 is 1.19 bits per heavy atom. The minimum absolute atomic E-state index is 0.0146. The van der Waals surface area contributed by atoms with Crippen LogP contribution in [0.1, 0.15) is 17.5 Å². The second-order valence-electron chi connectivity index (χ2n) is 7.07. The molecular weight excluding hydrogens is 368 g/mol. The van der Waals surface area contributed by atoms with E-state index >= 15 is 0 Å². The van der Waals surface area contributed by atoms with Crippen LogP contribution in [0.5, 0.6) is 0 Å². The molecule has 0 amide bonds. The third-order valence-corrected chi connectivity index (χ3v) is 8.38. The first-order valence-corrected chi connectivity index (χ1v) is 11.1. The minimum Gasteiger partial charge on any atom is -0.373 e. The van der Waals surface area contributed by atoms with Crippen LogP contribution < -0.4 is 0 Å². The Morgan fingerprint density at radius 3 is 2.58 bits per heavy atom. The first-order chi connectivity index (χ1) is 12.5. The van der Waals surface area contributed by atoms with Gasteiger partial charge in [0.15, 0.2) is 0 Å². The third kappa shape index (κ3) is 3.53. The summed E-state index contributed by atoms with van der Waals surface area (Å²) in [4.78, 5) is 4.39. The molecule has 0 radical (unpaired) electrons. The van der Waals surface area contributed by atoms with Crippen LogP contribution in [0.25, 0.3) is 0 Å². The van der Waals surface area contributed by atoms with Crippen molar-refractivity contribution in [3.63, 3.8) is 0 Å². The van der Waals surface area contributed by atoms with E-state index in [1.807, 2.05) is 43.0 Å². The Morgan fingerprint density at radius 2 is 1.88 bits per heavy atom. The van der Waals surface area contributed by atoms with Gasteiger partial charge in [0.1, 0.15) is 0 Å². The highest BCUT2D eigenvalue weighted by Crippen LogP contribution is 2.47. The minimum atomic E-state index is -3.38. The molecule has 138 valence electrons. The lowest BCUT2D eigenvalue weighted by Gasteiger charge is -2.46. The van der Waals surface area contributed by atoms with Crippen LogP contribution >= 0.6 is 11.8 Å². The Balaban J connectivity index is 1.33. The highest BCUT2D eigenvalue weighted by molar-refractivity contribution is 8.01. The molecule has 4 rings (SSSR count). The zero-order valence-corrected chi connectivity index (χ0v) is 16.3. The van der Waals surface area contributed by atoms with Crippen molar-refractivity contribution in [2.75, 3.05) is 18.8 Å². The van der Waals surface area contributed by atoms with Gasteiger partial charge in [-0.25, -0.2) is 8.42 Å². The molecule has 1 aromatic carbocycles. The van der Waals surface area contributed by atoms with Gasteiger partial charge in [0.2, 0.25) is 10.0 Å². The second-order valence-corrected chi connectivity index (χ2v) is 10.5. The van der Waals surface area contributed by atoms with E-state index in [-0.39, 0.29) is 10.9 Å². The topological polar surface area (TPSA) is 59.5 Å². The van der Waals surface area contributed by atoms with Crippen LogP contribution in [-0.4, -0.2) is 47.4 Å². The quantitative estimate of drug-likeness (QED) is 0.786. The van der Waals surface area contributed by atoms with Crippen molar-refractivity contribution in [2.45, 2.75) is 35.7 Å². The number of benzene rings is 1. The molecule has 3 heterocycles. The molecule has 26 heavy (non-hydrogen) atoms. The maximum atomic E-state index is 12.7. The molecule has 0 N–H and O–H groups in total. The van der Waals surface area contributed by atoms with E-state index in [0.29, 0.717) is 24.6 Å². The van der Waals surface area contributed by atoms with Gasteiger partial charge in [-0.15, -0.1) is 11.8 Å². The van der Waals surface area contributed by atoms with Gasteiger partial charge in [-0.1, -0.05) is 17.7 Å². The lowest BCUT2D eigenvalue weighted by molar-refractivity contribution is 0.0397. The molecule has 0 saturated carbocycles. The largest absolute Gasteiger partial charge is 0.373 e. The second kappa shape index (κ2) is 6.96. The van der Waals surface area contributed by atoms with E-state index in [1.165, 1.54) is 0 Å². The third-order valence-electron chi connectivity index (χ3n) is 5.00. The van der Waals surface area contributed by atoms with Crippen LogP contribution in [0.2, 0.25) is 0 Å². The molecule has 0 aliphatic carbocycles. The Bertz CT molecular complexity index is 863. The Kier molecular flexibility index (Phi) is 4.81. The molecule has 1 unspecified atom stereocenters. The SMILES string of the molecule is Cc1ccc(S(=O)(=O)N2CC3(CC(OCc4ccncc4)CS3)C2)cc1. The zero-order valence-electron chi connectivity index (χ0n) is 14.7. The summed E-state index contributed by atoms with van der Waals surface area (Å²) in [6.07, 6.45) is 4.62. The standard InChI is InChI=1S/C19H22N2O3S2/c1-15-2-4-18(5-3-15)26(22,23)21-13-19(14-21)10-17(12-25-19)24-11-16-6-8-20-9-7-16/h2-9,17H,10-14H2,1H3. The average molecular weight is 391 g/mol. The number of rotatable bonds is 5. The number of sulfonamides is 1. The first-order valence-electron chi connectivity index (χ1n) is 8.68. The summed E-state index contributed by atoms with van der Waals surface area (Å²) in [5.41, 5.74) is 2.17. The molecule has 5 nitrogen and oxygen atoms in total. The summed E-state index contributed by atoms with van der Waals surface area (Å²) in [7, 11) is -3.38. The fraction of sp³-hybridized carbons (Fsp3) is 0.421. The molecule has 1 spiro atoms. The van der Waals surface area contributed by atoms with E-state index in [9.17, 15) is 8.42 Å². The van der Waals surface area contributed by atoms with Crippen molar-refractivity contribution < 1.29 is 13.2 Å². The van der Waals surface area contributed by atoms with Crippen LogP contribution in [0.3, 0.4) is 0 Å². The summed E-state index contributed by atoms with van der Waals surface area (Å²) in [6, 6.07) is 11.0. The van der Waals surface area contributed by atoms with Crippen molar-refractivity contribution >= 4 is 21.8 Å². The van der Waals surface area contributed by atoms with Gasteiger partial charge in [-0.05, 0) is 43.2 Å². The molecular formula is C19H22N2O3S2. The molecule has 7 heteroatoms. The van der Waals surface area contributed by atoms with Gasteiger partial charge in [0.25, 0.3) is 0 Å². The zero-order chi connectivity index (χ0) is 18.2. The molecule has 2 aliphatic rings. The predicted molar refractivity (Wildman–Crippen MR) is 103 cm³/mol. The number of thioether (sulfide) groups is 1. The van der Waals surface area contributed by atoms with Gasteiger partial charge in [0.05, 0.1) is 17.6 Å². The number of pyridine rings is 1. The molecule has 2 saturated heterocycles. The molecule has 2 fully saturated rings. The molecule has 0 bridgehead atoms. The number of aryl methyl sites for hydroxylation is 1. The van der Waals surface area contributed by atoms with Gasteiger partial charge < -0.3 is 4.74 Å². The summed E-state index contributed by atoms with van der Waals surface area (Å²) >= 11 is 1.85. The molecule has 2 aromatic rings. The van der Waals surface area contributed by atoms with Gasteiger partial charge in [0, 0.05) is 36.0 Å². The molecule has 2 aliphatic heterocycles. The normalized spacial score (nSPS) is 22.4. The monoisotopic (exact) mass is 390 g/mol. The number of nitrogens with zero attached hydrogens (tertiary/aromatic N) is 2. The summed E-state index contributed by atoms with van der Waals surface area (Å²) in [5, 5.41) is 0. The van der Waals surface area contributed by atoms with Crippen molar-refractivity contribution in [1.82, 2.24) is 9.29 Å². The molecule has 1 aromatic heterocycles. The van der Waals surface area contributed by atoms with E-state index < -0.39 is 10.0 Å². The van der Waals surface area contributed by atoms with E-state index in [4.69, 9.17) is 4.74 Å². The summed E-state index contributed by atoms with van der Waals surface area (Å²) in [6.45, 7) is 3.68. The smallest absolute Gasteiger partial charge is 0.243 e. The highest BCUT2D eigenvalue weighted by Gasteiger charge is 2.53. The van der Waals surface area contributed by atoms with Crippen LogP contribution in [0, 0.1) is 6.92 Å². The molecule has 1 atom stereocenters. The van der Waals surface area contributed by atoms with Crippen molar-refractivity contribution in [3.05, 3.63) is 59.9 Å². The van der Waals surface area contributed by atoms with E-state index in [2.05, 4.69) is 4.98 Å². The van der Waals surface area contributed by atoms with Gasteiger partial charge >= 0.3 is 0 Å². The first kappa shape index (κ1) is 18.0. The summed E-state index contributed by atoms with van der Waals surface area (Å²) < 4.78 is 33.1. The Labute approximate surface area is 158 Å². The van der Waals surface area contributed by atoms with E-state index in [0.717, 1.165) is 23.3 Å². The summed E-state index contributed by atoms with van der Waals surface area (Å²) in [5.74, 6) is 0.920. The van der Waals surface area contributed by atoms with Gasteiger partial charge in [-0.2, -0.15) is 4.31 Å². The van der Waals surface area contributed by atoms with Crippen LogP contribution in [0.4, 0.5) is 0 Å². The number of ether oxygens (including phenoxy) is 1. The maximum Gasteiger partial charge on any atom is 0.243 e. The lowest BCUT2D eigenvalue weighted by Crippen LogP contribution is -2.60. The number of hydrogen-bond acceptors (Lipinski definition) is 5. The Hall–Kier alpha value is -1.41. The van der Waals surface area contributed by atoms with Crippen molar-refractivity contribution in [3.8, 4) is 0 Å². The predicted octanol–water partition coefficient (Wildman–Crippen LogP) is 2.86. The highest BCUT2D eigenvalue weighted by atomic mass is 32.2. The maximum absolute atomic E-state index is 12.7. The van der Waals surface area contributed by atoms with Crippen LogP contribution in [0.15, 0.2) is 53.7 Å². The van der Waals surface area contributed by atoms with Crippen molar-refractivity contribution in [1.29, 1.82) is 0 Å². The number of aromatic nitrogens is 1. The lowest BCUT2D eigenvalue weighted by atomic mass is 9.95. The average Bonchev–Trinajstić information content (AvgIpc) is 3.05.